The van der Waals surface area contributed by atoms with E-state index in [4.69, 9.17) is 5.73 Å². The van der Waals surface area contributed by atoms with Crippen molar-refractivity contribution in [1.82, 2.24) is 31.6 Å². The lowest BCUT2D eigenvalue weighted by atomic mass is 10.0. The van der Waals surface area contributed by atoms with Crippen LogP contribution in [-0.2, 0) is 41.6 Å². The number of nitrogens with one attached hydrogen (secondary N) is 6. The lowest BCUT2D eigenvalue weighted by Gasteiger charge is -2.24. The Hall–Kier alpha value is -5.24. The SMILES string of the molecule is C[C@H](NC(=O)[C@H](C)NC(=O)[C@H](Cc1c[nH]c2ccccc12)NC(=O)[C@@H](N)Cc1ccc(O)cc1)C(=O)N[C@@H](C)C(=O)N[C@@H](C)C=O. The quantitative estimate of drug-likeness (QED) is 0.103. The van der Waals surface area contributed by atoms with Gasteiger partial charge in [0.15, 0.2) is 0 Å². The van der Waals surface area contributed by atoms with Crippen molar-refractivity contribution in [3.8, 4) is 5.75 Å². The number of rotatable bonds is 15. The van der Waals surface area contributed by atoms with Gasteiger partial charge in [-0.1, -0.05) is 30.3 Å². The van der Waals surface area contributed by atoms with E-state index in [1.807, 2.05) is 24.3 Å². The van der Waals surface area contributed by atoms with E-state index in [9.17, 15) is 33.9 Å². The fourth-order valence-electron chi connectivity index (χ4n) is 4.56. The zero-order chi connectivity index (χ0) is 34.0. The van der Waals surface area contributed by atoms with E-state index >= 15 is 0 Å². The largest absolute Gasteiger partial charge is 0.508 e. The van der Waals surface area contributed by atoms with E-state index in [1.54, 1.807) is 18.3 Å². The van der Waals surface area contributed by atoms with Crippen LogP contribution in [0.15, 0.2) is 54.7 Å². The van der Waals surface area contributed by atoms with Gasteiger partial charge in [-0.2, -0.15) is 0 Å². The molecule has 1 heterocycles. The molecule has 5 amide bonds. The highest BCUT2D eigenvalue weighted by atomic mass is 16.3. The average molecular weight is 636 g/mol. The number of hydrogen-bond acceptors (Lipinski definition) is 8. The molecule has 246 valence electrons. The molecule has 3 rings (SSSR count). The Morgan fingerprint density at radius 1 is 0.739 bits per heavy atom. The molecule has 0 bridgehead atoms. The van der Waals surface area contributed by atoms with Gasteiger partial charge in [0.2, 0.25) is 29.5 Å². The third-order valence-electron chi connectivity index (χ3n) is 7.29. The summed E-state index contributed by atoms with van der Waals surface area (Å²) >= 11 is 0. The number of carbonyl (C=O) groups excluding carboxylic acids is 6. The molecule has 0 fully saturated rings. The van der Waals surface area contributed by atoms with Gasteiger partial charge in [-0.25, -0.2) is 0 Å². The number of hydrogen-bond donors (Lipinski definition) is 8. The fourth-order valence-corrected chi connectivity index (χ4v) is 4.56. The standard InChI is InChI=1S/C32H41N7O7/c1-17(16-40)35-28(42)18(2)36-29(43)19(3)37-30(44)20(4)38-32(46)27(14-22-15-34-26-8-6-5-7-24(22)26)39-31(45)25(33)13-21-9-11-23(41)12-10-21/h5-12,15-20,25,27,34,41H,13-14,33H2,1-4H3,(H,35,42)(H,36,43)(H,37,44)(H,38,46)(H,39,45)/t17-,18-,19-,20-,25-,27-/m0/s1. The summed E-state index contributed by atoms with van der Waals surface area (Å²) in [4.78, 5) is 78.2. The van der Waals surface area contributed by atoms with Gasteiger partial charge < -0.3 is 47.2 Å². The van der Waals surface area contributed by atoms with Crippen LogP contribution in [0.3, 0.4) is 0 Å². The maximum atomic E-state index is 13.5. The van der Waals surface area contributed by atoms with E-state index in [-0.39, 0.29) is 18.6 Å². The predicted octanol–water partition coefficient (Wildman–Crippen LogP) is -0.311. The molecule has 0 spiro atoms. The zero-order valence-corrected chi connectivity index (χ0v) is 26.1. The minimum Gasteiger partial charge on any atom is -0.508 e. The normalized spacial score (nSPS) is 14.9. The molecule has 0 aliphatic heterocycles. The van der Waals surface area contributed by atoms with Crippen molar-refractivity contribution in [2.24, 2.45) is 5.73 Å². The topological polar surface area (TPSA) is 225 Å². The summed E-state index contributed by atoms with van der Waals surface area (Å²) in [7, 11) is 0. The summed E-state index contributed by atoms with van der Waals surface area (Å²) in [6.45, 7) is 5.76. The lowest BCUT2D eigenvalue weighted by molar-refractivity contribution is -0.134. The Morgan fingerprint density at radius 3 is 1.87 bits per heavy atom. The first-order chi connectivity index (χ1) is 21.8. The Bertz CT molecular complexity index is 1560. The first-order valence-electron chi connectivity index (χ1n) is 14.8. The number of aldehydes is 1. The molecule has 0 radical (unpaired) electrons. The average Bonchev–Trinajstić information content (AvgIpc) is 3.43. The summed E-state index contributed by atoms with van der Waals surface area (Å²) in [6.07, 6.45) is 2.53. The second-order valence-corrected chi connectivity index (χ2v) is 11.2. The van der Waals surface area contributed by atoms with E-state index < -0.39 is 65.8 Å². The van der Waals surface area contributed by atoms with Crippen LogP contribution in [0.25, 0.3) is 10.9 Å². The first kappa shape index (κ1) is 35.2. The third-order valence-corrected chi connectivity index (χ3v) is 7.29. The molecular weight excluding hydrogens is 594 g/mol. The van der Waals surface area contributed by atoms with Crippen molar-refractivity contribution in [3.05, 3.63) is 65.9 Å². The van der Waals surface area contributed by atoms with Gasteiger partial charge in [-0.15, -0.1) is 0 Å². The second-order valence-electron chi connectivity index (χ2n) is 11.2. The molecule has 6 atom stereocenters. The Balaban J connectivity index is 1.66. The predicted molar refractivity (Wildman–Crippen MR) is 170 cm³/mol. The monoisotopic (exact) mass is 635 g/mol. The van der Waals surface area contributed by atoms with Crippen LogP contribution >= 0.6 is 0 Å². The van der Waals surface area contributed by atoms with Crippen LogP contribution < -0.4 is 32.3 Å². The molecule has 14 heteroatoms. The molecule has 0 unspecified atom stereocenters. The number of para-hydroxylation sites is 1. The molecule has 3 aromatic rings. The van der Waals surface area contributed by atoms with Gasteiger partial charge in [0.05, 0.1) is 12.1 Å². The molecule has 0 aliphatic rings. The van der Waals surface area contributed by atoms with Crippen LogP contribution in [0, 0.1) is 0 Å². The molecule has 0 saturated heterocycles. The third kappa shape index (κ3) is 9.89. The number of nitrogens with two attached hydrogens (primary N) is 1. The number of amides is 5. The highest BCUT2D eigenvalue weighted by Crippen LogP contribution is 2.19. The summed E-state index contributed by atoms with van der Waals surface area (Å²) in [5.74, 6) is -3.06. The second kappa shape index (κ2) is 16.2. The van der Waals surface area contributed by atoms with E-state index in [0.29, 0.717) is 11.8 Å². The van der Waals surface area contributed by atoms with Crippen LogP contribution in [0.4, 0.5) is 0 Å². The van der Waals surface area contributed by atoms with Crippen LogP contribution in [0.5, 0.6) is 5.75 Å². The molecule has 0 aliphatic carbocycles. The molecule has 46 heavy (non-hydrogen) atoms. The van der Waals surface area contributed by atoms with E-state index in [1.165, 1.54) is 39.8 Å². The van der Waals surface area contributed by atoms with Crippen molar-refractivity contribution < 1.29 is 33.9 Å². The highest BCUT2D eigenvalue weighted by Gasteiger charge is 2.29. The Labute approximate surface area is 266 Å². The number of phenolic OH excluding ortho intramolecular Hbond substituents is 1. The Kier molecular flexibility index (Phi) is 12.4. The molecule has 0 saturated carbocycles. The molecule has 1 aromatic heterocycles. The highest BCUT2D eigenvalue weighted by molar-refractivity contribution is 5.96. The van der Waals surface area contributed by atoms with Gasteiger partial charge in [-0.3, -0.25) is 24.0 Å². The van der Waals surface area contributed by atoms with Crippen molar-refractivity contribution in [3.63, 3.8) is 0 Å². The number of fused-ring (bicyclic) bond motifs is 1. The summed E-state index contributed by atoms with van der Waals surface area (Å²) in [5, 5.41) is 23.1. The number of aromatic amines is 1. The van der Waals surface area contributed by atoms with Crippen LogP contribution in [0.2, 0.25) is 0 Å². The lowest BCUT2D eigenvalue weighted by Crippen LogP contribution is -2.58. The van der Waals surface area contributed by atoms with Crippen LogP contribution in [-0.4, -0.2) is 82.2 Å². The van der Waals surface area contributed by atoms with Crippen molar-refractivity contribution in [2.45, 2.75) is 76.8 Å². The number of H-pyrrole nitrogens is 1. The summed E-state index contributed by atoms with van der Waals surface area (Å²) < 4.78 is 0. The minimum atomic E-state index is -1.11. The van der Waals surface area contributed by atoms with Gasteiger partial charge in [0, 0.05) is 23.5 Å². The number of carbonyl (C=O) groups is 6. The van der Waals surface area contributed by atoms with Gasteiger partial charge in [-0.05, 0) is 63.4 Å². The van der Waals surface area contributed by atoms with E-state index in [0.717, 1.165) is 16.5 Å². The zero-order valence-electron chi connectivity index (χ0n) is 26.1. The number of aromatic hydroxyl groups is 1. The van der Waals surface area contributed by atoms with E-state index in [2.05, 4.69) is 31.6 Å². The van der Waals surface area contributed by atoms with Gasteiger partial charge >= 0.3 is 0 Å². The number of phenols is 1. The maximum Gasteiger partial charge on any atom is 0.243 e. The number of aromatic nitrogens is 1. The van der Waals surface area contributed by atoms with Crippen LogP contribution in [0.1, 0.15) is 38.8 Å². The summed E-state index contributed by atoms with van der Waals surface area (Å²) in [6, 6.07) is 7.74. The molecule has 9 N–H and O–H groups in total. The fraction of sp³-hybridized carbons (Fsp3) is 0.375. The minimum absolute atomic E-state index is 0.0770. The first-order valence-corrected chi connectivity index (χ1v) is 14.8. The Morgan fingerprint density at radius 2 is 1.28 bits per heavy atom. The molecule has 2 aromatic carbocycles. The smallest absolute Gasteiger partial charge is 0.243 e. The maximum absolute atomic E-state index is 13.5. The molecule has 14 nitrogen and oxygen atoms in total. The summed E-state index contributed by atoms with van der Waals surface area (Å²) in [5.41, 5.74) is 8.48. The molecular formula is C32H41N7O7. The van der Waals surface area contributed by atoms with Crippen molar-refractivity contribution >= 4 is 46.7 Å². The van der Waals surface area contributed by atoms with Gasteiger partial charge in [0.25, 0.3) is 0 Å². The van der Waals surface area contributed by atoms with Gasteiger partial charge in [0.1, 0.15) is 36.2 Å². The van der Waals surface area contributed by atoms with Crippen molar-refractivity contribution in [2.75, 3.05) is 0 Å². The number of benzene rings is 2. The van der Waals surface area contributed by atoms with Crippen molar-refractivity contribution in [1.29, 1.82) is 0 Å².